The van der Waals surface area contributed by atoms with Gasteiger partial charge in [0.05, 0.1) is 0 Å². The molecule has 0 aliphatic carbocycles. The first-order chi connectivity index (χ1) is 5.43. The smallest absolute Gasteiger partial charge is 0.00671 e. The summed E-state index contributed by atoms with van der Waals surface area (Å²) in [5.74, 6) is 0. The molecule has 1 fully saturated rings. The Hall–Kier alpha value is -0.300. The predicted molar refractivity (Wildman–Crippen MR) is 49.7 cm³/mol. The van der Waals surface area contributed by atoms with Crippen molar-refractivity contribution in [2.24, 2.45) is 0 Å². The summed E-state index contributed by atoms with van der Waals surface area (Å²) in [5, 5.41) is 3.54. The van der Waals surface area contributed by atoms with E-state index in [4.69, 9.17) is 0 Å². The highest BCUT2D eigenvalue weighted by Gasteiger charge is 2.10. The van der Waals surface area contributed by atoms with E-state index >= 15 is 0 Å². The Labute approximate surface area is 69.9 Å². The quantitative estimate of drug-likeness (QED) is 0.483. The van der Waals surface area contributed by atoms with Gasteiger partial charge in [-0.2, -0.15) is 0 Å². The molecule has 1 heterocycles. The first kappa shape index (κ1) is 8.79. The largest absolute Gasteiger partial charge is 0.314 e. The monoisotopic (exact) mass is 153 g/mol. The molecule has 1 aliphatic heterocycles. The van der Waals surface area contributed by atoms with E-state index in [0.717, 1.165) is 6.04 Å². The molecular weight excluding hydrogens is 134 g/mol. The van der Waals surface area contributed by atoms with E-state index in [9.17, 15) is 0 Å². The molecule has 1 rings (SSSR count). The summed E-state index contributed by atoms with van der Waals surface area (Å²) in [6, 6.07) is 0.809. The van der Waals surface area contributed by atoms with Gasteiger partial charge < -0.3 is 5.32 Å². The number of allylic oxidation sites excluding steroid dienone is 1. The zero-order valence-electron chi connectivity index (χ0n) is 7.31. The Kier molecular flexibility index (Phi) is 4.29. The number of hydrogen-bond acceptors (Lipinski definition) is 1. The van der Waals surface area contributed by atoms with Crippen LogP contribution in [0.25, 0.3) is 0 Å². The molecule has 1 saturated heterocycles. The molecule has 1 aliphatic rings. The fourth-order valence-corrected chi connectivity index (χ4v) is 1.68. The summed E-state index contributed by atoms with van der Waals surface area (Å²) in [6.07, 6.45) is 10.0. The van der Waals surface area contributed by atoms with E-state index in [-0.39, 0.29) is 0 Å². The summed E-state index contributed by atoms with van der Waals surface area (Å²) in [5.41, 5.74) is 0. The lowest BCUT2D eigenvalue weighted by Crippen LogP contribution is -2.33. The zero-order valence-corrected chi connectivity index (χ0v) is 7.31. The van der Waals surface area contributed by atoms with Crippen molar-refractivity contribution < 1.29 is 0 Å². The first-order valence-corrected chi connectivity index (χ1v) is 4.78. The van der Waals surface area contributed by atoms with E-state index in [1.165, 1.54) is 45.1 Å². The molecule has 0 spiro atoms. The van der Waals surface area contributed by atoms with Crippen LogP contribution in [0.2, 0.25) is 0 Å². The maximum absolute atomic E-state index is 3.72. The van der Waals surface area contributed by atoms with Gasteiger partial charge in [-0.15, -0.1) is 6.58 Å². The maximum Gasteiger partial charge on any atom is 0.00671 e. The normalized spacial score (nSPS) is 24.9. The number of unbranched alkanes of at least 4 members (excludes halogenated alkanes) is 1. The SMILES string of the molecule is C=CCCCC1CCCCN1. The third-order valence-corrected chi connectivity index (χ3v) is 2.37. The fourth-order valence-electron chi connectivity index (χ4n) is 1.68. The lowest BCUT2D eigenvalue weighted by molar-refractivity contribution is 0.376. The van der Waals surface area contributed by atoms with Gasteiger partial charge in [0.2, 0.25) is 0 Å². The van der Waals surface area contributed by atoms with E-state index in [2.05, 4.69) is 11.9 Å². The van der Waals surface area contributed by atoms with Crippen molar-refractivity contribution in [2.45, 2.75) is 44.6 Å². The number of nitrogens with one attached hydrogen (secondary N) is 1. The van der Waals surface area contributed by atoms with Gasteiger partial charge >= 0.3 is 0 Å². The lowest BCUT2D eigenvalue weighted by Gasteiger charge is -2.22. The molecule has 0 aromatic heterocycles. The van der Waals surface area contributed by atoms with Crippen LogP contribution in [-0.4, -0.2) is 12.6 Å². The van der Waals surface area contributed by atoms with Crippen LogP contribution in [0.5, 0.6) is 0 Å². The molecule has 0 radical (unpaired) electrons. The average molecular weight is 153 g/mol. The van der Waals surface area contributed by atoms with Gasteiger partial charge in [0, 0.05) is 6.04 Å². The van der Waals surface area contributed by atoms with Gasteiger partial charge in [0.25, 0.3) is 0 Å². The minimum Gasteiger partial charge on any atom is -0.314 e. The summed E-state index contributed by atoms with van der Waals surface area (Å²) < 4.78 is 0. The van der Waals surface area contributed by atoms with Gasteiger partial charge in [-0.3, -0.25) is 0 Å². The molecule has 1 heteroatoms. The summed E-state index contributed by atoms with van der Waals surface area (Å²) in [4.78, 5) is 0. The van der Waals surface area contributed by atoms with Crippen molar-refractivity contribution in [1.29, 1.82) is 0 Å². The molecule has 0 amide bonds. The molecule has 64 valence electrons. The number of piperidine rings is 1. The molecule has 1 nitrogen and oxygen atoms in total. The third kappa shape index (κ3) is 3.57. The average Bonchev–Trinajstić information content (AvgIpc) is 2.07. The van der Waals surface area contributed by atoms with Gasteiger partial charge in [-0.25, -0.2) is 0 Å². The molecule has 0 aromatic carbocycles. The third-order valence-electron chi connectivity index (χ3n) is 2.37. The minimum atomic E-state index is 0.809. The number of hydrogen-bond donors (Lipinski definition) is 1. The minimum absolute atomic E-state index is 0.809. The van der Waals surface area contributed by atoms with Crippen LogP contribution in [0.4, 0.5) is 0 Å². The van der Waals surface area contributed by atoms with Crippen molar-refractivity contribution in [3.8, 4) is 0 Å². The van der Waals surface area contributed by atoms with Gasteiger partial charge in [-0.05, 0) is 38.6 Å². The Morgan fingerprint density at radius 1 is 1.45 bits per heavy atom. The Bertz CT molecular complexity index is 103. The van der Waals surface area contributed by atoms with Crippen LogP contribution in [0, 0.1) is 0 Å². The van der Waals surface area contributed by atoms with E-state index in [0.29, 0.717) is 0 Å². The van der Waals surface area contributed by atoms with Crippen LogP contribution < -0.4 is 5.32 Å². The first-order valence-electron chi connectivity index (χ1n) is 4.78. The lowest BCUT2D eigenvalue weighted by atomic mass is 10.00. The van der Waals surface area contributed by atoms with Gasteiger partial charge in [0.1, 0.15) is 0 Å². The van der Waals surface area contributed by atoms with Crippen molar-refractivity contribution in [1.82, 2.24) is 5.32 Å². The zero-order chi connectivity index (χ0) is 7.94. The van der Waals surface area contributed by atoms with Gasteiger partial charge in [-0.1, -0.05) is 12.5 Å². The van der Waals surface area contributed by atoms with Gasteiger partial charge in [0.15, 0.2) is 0 Å². The highest BCUT2D eigenvalue weighted by Crippen LogP contribution is 2.12. The topological polar surface area (TPSA) is 12.0 Å². The van der Waals surface area contributed by atoms with Crippen molar-refractivity contribution >= 4 is 0 Å². The van der Waals surface area contributed by atoms with Crippen LogP contribution in [0.15, 0.2) is 12.7 Å². The van der Waals surface area contributed by atoms with E-state index < -0.39 is 0 Å². The Morgan fingerprint density at radius 3 is 3.00 bits per heavy atom. The summed E-state index contributed by atoms with van der Waals surface area (Å²) >= 11 is 0. The maximum atomic E-state index is 3.72. The summed E-state index contributed by atoms with van der Waals surface area (Å²) in [6.45, 7) is 4.96. The molecule has 1 N–H and O–H groups in total. The highest BCUT2D eigenvalue weighted by atomic mass is 14.9. The second-order valence-corrected chi connectivity index (χ2v) is 3.37. The molecular formula is C10H19N. The van der Waals surface area contributed by atoms with Crippen molar-refractivity contribution in [3.63, 3.8) is 0 Å². The molecule has 0 aromatic rings. The molecule has 0 bridgehead atoms. The van der Waals surface area contributed by atoms with E-state index in [1.807, 2.05) is 6.08 Å². The van der Waals surface area contributed by atoms with E-state index in [1.54, 1.807) is 0 Å². The second kappa shape index (κ2) is 5.36. The fraction of sp³-hybridized carbons (Fsp3) is 0.800. The van der Waals surface area contributed by atoms with Crippen LogP contribution in [-0.2, 0) is 0 Å². The molecule has 1 atom stereocenters. The van der Waals surface area contributed by atoms with Crippen LogP contribution in [0.3, 0.4) is 0 Å². The number of rotatable bonds is 4. The summed E-state index contributed by atoms with van der Waals surface area (Å²) in [7, 11) is 0. The van der Waals surface area contributed by atoms with Crippen molar-refractivity contribution in [3.05, 3.63) is 12.7 Å². The molecule has 1 unspecified atom stereocenters. The Balaban J connectivity index is 2.00. The van der Waals surface area contributed by atoms with Crippen LogP contribution >= 0.6 is 0 Å². The molecule has 11 heavy (non-hydrogen) atoms. The second-order valence-electron chi connectivity index (χ2n) is 3.37. The predicted octanol–water partition coefficient (Wildman–Crippen LogP) is 2.48. The standard InChI is InChI=1S/C10H19N/c1-2-3-4-7-10-8-5-6-9-11-10/h2,10-11H,1,3-9H2. The Morgan fingerprint density at radius 2 is 2.36 bits per heavy atom. The van der Waals surface area contributed by atoms with Crippen LogP contribution in [0.1, 0.15) is 38.5 Å². The highest BCUT2D eigenvalue weighted by molar-refractivity contribution is 4.74. The van der Waals surface area contributed by atoms with Crippen molar-refractivity contribution in [2.75, 3.05) is 6.54 Å². The molecule has 0 saturated carbocycles.